The third kappa shape index (κ3) is 5.82. The van der Waals surface area contributed by atoms with Gasteiger partial charge in [-0.1, -0.05) is 32.6 Å². The minimum absolute atomic E-state index is 0.0643. The molecule has 2 amide bonds. The number of nitrogens with zero attached hydrogens (tertiary/aromatic N) is 3. The maximum atomic E-state index is 14.2. The third-order valence-electron chi connectivity index (χ3n) is 7.84. The molecule has 41 heavy (non-hydrogen) atoms. The molecule has 0 spiro atoms. The van der Waals surface area contributed by atoms with Crippen LogP contribution in [0.15, 0.2) is 49.0 Å². The molecule has 3 heterocycles. The van der Waals surface area contributed by atoms with E-state index in [1.807, 2.05) is 56.9 Å². The maximum Gasteiger partial charge on any atom is 0.268 e. The number of hydrogen-bond acceptors (Lipinski definition) is 4. The molecule has 2 aromatic heterocycles. The highest BCUT2D eigenvalue weighted by atomic mass is 19.1. The molecule has 0 saturated carbocycles. The largest absolute Gasteiger partial charge is 0.367 e. The van der Waals surface area contributed by atoms with Crippen molar-refractivity contribution in [1.29, 1.82) is 0 Å². The topological polar surface area (TPSA) is 97.1 Å². The smallest absolute Gasteiger partial charge is 0.268 e. The molecule has 1 atom stereocenters. The number of H-pyrrole nitrogens is 2. The summed E-state index contributed by atoms with van der Waals surface area (Å²) in [5.74, 6) is -1.40. The molecule has 0 radical (unpaired) electrons. The van der Waals surface area contributed by atoms with Gasteiger partial charge in [-0.3, -0.25) is 9.59 Å². The van der Waals surface area contributed by atoms with Gasteiger partial charge in [0.15, 0.2) is 5.82 Å². The number of nitrogens with one attached hydrogen (secondary N) is 3. The van der Waals surface area contributed by atoms with Gasteiger partial charge < -0.3 is 25.1 Å². The van der Waals surface area contributed by atoms with E-state index >= 15 is 0 Å². The van der Waals surface area contributed by atoms with Crippen LogP contribution in [0.3, 0.4) is 0 Å². The molecule has 216 valence electrons. The zero-order chi connectivity index (χ0) is 29.5. The van der Waals surface area contributed by atoms with Gasteiger partial charge in [0.05, 0.1) is 22.2 Å². The van der Waals surface area contributed by atoms with Crippen molar-refractivity contribution in [3.63, 3.8) is 0 Å². The van der Waals surface area contributed by atoms with Crippen molar-refractivity contribution in [3.05, 3.63) is 72.2 Å². The van der Waals surface area contributed by atoms with E-state index in [4.69, 9.17) is 0 Å². The summed E-state index contributed by atoms with van der Waals surface area (Å²) in [6, 6.07) is 10.3. The summed E-state index contributed by atoms with van der Waals surface area (Å²) < 4.78 is 27.9. The number of carbonyl (C=O) groups excluding carboxylic acids is 2. The lowest BCUT2D eigenvalue weighted by atomic mass is 9.95. The Balaban J connectivity index is 1.34. The van der Waals surface area contributed by atoms with Crippen molar-refractivity contribution in [1.82, 2.24) is 30.1 Å². The number of fused-ring (bicyclic) bond motifs is 2. The summed E-state index contributed by atoms with van der Waals surface area (Å²) in [5.41, 5.74) is 2.33. The minimum Gasteiger partial charge on any atom is -0.367 e. The molecular formula is C31H36F2N6O2. The molecule has 1 fully saturated rings. The minimum atomic E-state index is -0.792. The van der Waals surface area contributed by atoms with Crippen molar-refractivity contribution in [2.24, 2.45) is 5.92 Å². The van der Waals surface area contributed by atoms with E-state index in [1.54, 1.807) is 0 Å². The second-order valence-corrected chi connectivity index (χ2v) is 11.8. The Hall–Kier alpha value is -4.21. The first-order chi connectivity index (χ1) is 19.4. The standard InChI is InChI=1S/C31H36F2N6O2/c1-18(2)14-27(37-29(40)26-17-21-22(33)15-20(32)16-25(21)34-26)30(41)39-13-12-38(11-10-31(39,4)5)19(3)28-35-23-8-6-7-9-24(23)36-28/h6-9,15-18,27,34H,3,10-14H2,1-2,4-5H3,(H,35,36)(H,37,40)/t27-/m0/s1. The number of aromatic nitrogens is 3. The number of carbonyl (C=O) groups is 2. The van der Waals surface area contributed by atoms with Crippen molar-refractivity contribution in [2.45, 2.75) is 52.1 Å². The van der Waals surface area contributed by atoms with Gasteiger partial charge >= 0.3 is 0 Å². The number of rotatable bonds is 7. The Labute approximate surface area is 237 Å². The van der Waals surface area contributed by atoms with E-state index in [0.29, 0.717) is 38.3 Å². The first-order valence-corrected chi connectivity index (χ1v) is 13.9. The van der Waals surface area contributed by atoms with E-state index < -0.39 is 29.1 Å². The second kappa shape index (κ2) is 11.0. The fraction of sp³-hybridized carbons (Fsp3) is 0.387. The SMILES string of the molecule is C=C(c1nc2ccccc2[nH]1)N1CCN(C(=O)[C@H](CC(C)C)NC(=O)c2cc3c(F)cc(F)cc3[nH]2)C(C)(C)CC1. The lowest BCUT2D eigenvalue weighted by Crippen LogP contribution is -2.56. The van der Waals surface area contributed by atoms with Gasteiger partial charge in [0.2, 0.25) is 5.91 Å². The molecule has 1 aliphatic rings. The second-order valence-electron chi connectivity index (χ2n) is 11.8. The monoisotopic (exact) mass is 562 g/mol. The van der Waals surface area contributed by atoms with Gasteiger partial charge in [0, 0.05) is 36.6 Å². The van der Waals surface area contributed by atoms with Crippen LogP contribution < -0.4 is 5.32 Å². The first kappa shape index (κ1) is 28.3. The lowest BCUT2D eigenvalue weighted by Gasteiger charge is -2.39. The Bertz CT molecular complexity index is 1590. The molecule has 0 aliphatic carbocycles. The van der Waals surface area contributed by atoms with Crippen LogP contribution >= 0.6 is 0 Å². The Morgan fingerprint density at radius 1 is 1.07 bits per heavy atom. The van der Waals surface area contributed by atoms with E-state index in [-0.39, 0.29) is 28.4 Å². The van der Waals surface area contributed by atoms with Gasteiger partial charge in [-0.05, 0) is 56.9 Å². The molecule has 1 saturated heterocycles. The molecule has 10 heteroatoms. The van der Waals surface area contributed by atoms with Crippen LogP contribution in [0.5, 0.6) is 0 Å². The predicted octanol–water partition coefficient (Wildman–Crippen LogP) is 5.45. The fourth-order valence-corrected chi connectivity index (χ4v) is 5.50. The molecule has 8 nitrogen and oxygen atoms in total. The van der Waals surface area contributed by atoms with E-state index in [9.17, 15) is 18.4 Å². The molecule has 3 N–H and O–H groups in total. The number of para-hydroxylation sites is 2. The van der Waals surface area contributed by atoms with Crippen LogP contribution in [0.2, 0.25) is 0 Å². The highest BCUT2D eigenvalue weighted by Crippen LogP contribution is 2.28. The zero-order valence-corrected chi connectivity index (χ0v) is 23.9. The van der Waals surface area contributed by atoms with E-state index in [1.165, 1.54) is 6.07 Å². The molecule has 2 aromatic carbocycles. The predicted molar refractivity (Wildman–Crippen MR) is 156 cm³/mol. The summed E-state index contributed by atoms with van der Waals surface area (Å²) in [4.78, 5) is 42.0. The highest BCUT2D eigenvalue weighted by Gasteiger charge is 2.38. The van der Waals surface area contributed by atoms with Gasteiger partial charge in [0.1, 0.15) is 23.4 Å². The lowest BCUT2D eigenvalue weighted by molar-refractivity contribution is -0.138. The van der Waals surface area contributed by atoms with E-state index in [0.717, 1.165) is 28.9 Å². The maximum absolute atomic E-state index is 14.2. The fourth-order valence-electron chi connectivity index (χ4n) is 5.50. The van der Waals surface area contributed by atoms with Crippen LogP contribution in [-0.4, -0.2) is 67.8 Å². The quantitative estimate of drug-likeness (QED) is 0.279. The molecule has 0 bridgehead atoms. The molecular weight excluding hydrogens is 526 g/mol. The third-order valence-corrected chi connectivity index (χ3v) is 7.84. The highest BCUT2D eigenvalue weighted by molar-refractivity contribution is 6.00. The Kier molecular flexibility index (Phi) is 7.59. The Morgan fingerprint density at radius 3 is 2.56 bits per heavy atom. The Morgan fingerprint density at radius 2 is 1.83 bits per heavy atom. The first-order valence-electron chi connectivity index (χ1n) is 13.9. The zero-order valence-electron chi connectivity index (χ0n) is 23.9. The number of benzene rings is 2. The van der Waals surface area contributed by atoms with Gasteiger partial charge in [-0.25, -0.2) is 13.8 Å². The number of halogens is 2. The number of hydrogen-bond donors (Lipinski definition) is 3. The summed E-state index contributed by atoms with van der Waals surface area (Å²) in [6.07, 6.45) is 1.11. The van der Waals surface area contributed by atoms with Crippen molar-refractivity contribution < 1.29 is 18.4 Å². The van der Waals surface area contributed by atoms with Crippen molar-refractivity contribution >= 4 is 39.4 Å². The number of amides is 2. The van der Waals surface area contributed by atoms with Crippen LogP contribution in [0.1, 0.15) is 56.8 Å². The summed E-state index contributed by atoms with van der Waals surface area (Å²) >= 11 is 0. The molecule has 1 aliphatic heterocycles. The molecule has 0 unspecified atom stereocenters. The van der Waals surface area contributed by atoms with Crippen molar-refractivity contribution in [2.75, 3.05) is 19.6 Å². The van der Waals surface area contributed by atoms with Gasteiger partial charge in [-0.2, -0.15) is 0 Å². The molecule has 4 aromatic rings. The van der Waals surface area contributed by atoms with Crippen LogP contribution in [0.4, 0.5) is 8.78 Å². The number of aromatic amines is 2. The van der Waals surface area contributed by atoms with Gasteiger partial charge in [0.25, 0.3) is 5.91 Å². The average Bonchev–Trinajstić information content (AvgIpc) is 3.50. The summed E-state index contributed by atoms with van der Waals surface area (Å²) in [7, 11) is 0. The van der Waals surface area contributed by atoms with Gasteiger partial charge in [-0.15, -0.1) is 0 Å². The number of imidazole rings is 1. The van der Waals surface area contributed by atoms with E-state index in [2.05, 4.69) is 31.7 Å². The molecule has 5 rings (SSSR count). The summed E-state index contributed by atoms with van der Waals surface area (Å²) in [6.45, 7) is 14.0. The van der Waals surface area contributed by atoms with Crippen LogP contribution in [-0.2, 0) is 4.79 Å². The van der Waals surface area contributed by atoms with Crippen molar-refractivity contribution in [3.8, 4) is 0 Å². The average molecular weight is 563 g/mol. The normalized spacial score (nSPS) is 16.3. The summed E-state index contributed by atoms with van der Waals surface area (Å²) in [5, 5.41) is 2.98. The van der Waals surface area contributed by atoms with Crippen LogP contribution in [0.25, 0.3) is 27.6 Å². The van der Waals surface area contributed by atoms with Crippen LogP contribution in [0, 0.1) is 17.6 Å².